The molecule has 0 saturated carbocycles. The first kappa shape index (κ1) is 29.6. The fourth-order valence-electron chi connectivity index (χ4n) is 3.39. The van der Waals surface area contributed by atoms with Gasteiger partial charge in [-0.25, -0.2) is 4.79 Å². The van der Waals surface area contributed by atoms with E-state index in [2.05, 4.69) is 16.0 Å². The molecule has 1 aromatic carbocycles. The smallest absolute Gasteiger partial charge is 0.326 e. The van der Waals surface area contributed by atoms with Crippen molar-refractivity contribution < 1.29 is 29.1 Å². The fourth-order valence-corrected chi connectivity index (χ4v) is 3.39. The molecule has 0 heterocycles. The minimum absolute atomic E-state index is 0.000434. The van der Waals surface area contributed by atoms with Crippen LogP contribution in [-0.2, 0) is 30.4 Å². The Morgan fingerprint density at radius 1 is 0.857 bits per heavy atom. The van der Waals surface area contributed by atoms with Gasteiger partial charge in [-0.15, -0.1) is 0 Å². The van der Waals surface area contributed by atoms with Crippen molar-refractivity contribution in [3.63, 3.8) is 0 Å². The Labute approximate surface area is 205 Å². The monoisotopic (exact) mass is 491 g/mol. The van der Waals surface area contributed by atoms with Gasteiger partial charge in [0, 0.05) is 6.42 Å². The van der Waals surface area contributed by atoms with Crippen molar-refractivity contribution in [2.75, 3.05) is 0 Å². The molecule has 0 saturated heterocycles. The molecule has 194 valence electrons. The summed E-state index contributed by atoms with van der Waals surface area (Å²) in [5.74, 6) is -4.32. The topological polar surface area (TPSA) is 194 Å². The van der Waals surface area contributed by atoms with Gasteiger partial charge in [0.05, 0.1) is 12.5 Å². The van der Waals surface area contributed by atoms with Gasteiger partial charge in [0.2, 0.25) is 23.6 Å². The van der Waals surface area contributed by atoms with Crippen LogP contribution < -0.4 is 27.4 Å². The fraction of sp³-hybridized carbons (Fsp3) is 0.542. The van der Waals surface area contributed by atoms with Crippen molar-refractivity contribution in [2.24, 2.45) is 23.3 Å². The highest BCUT2D eigenvalue weighted by atomic mass is 16.4. The molecule has 0 aromatic heterocycles. The average Bonchev–Trinajstić information content (AvgIpc) is 2.75. The van der Waals surface area contributed by atoms with Gasteiger partial charge in [-0.2, -0.15) is 0 Å². The number of carbonyl (C=O) groups is 5. The van der Waals surface area contributed by atoms with Gasteiger partial charge in [0.25, 0.3) is 0 Å². The summed E-state index contributed by atoms with van der Waals surface area (Å²) in [4.78, 5) is 61.2. The van der Waals surface area contributed by atoms with E-state index in [1.807, 2.05) is 13.8 Å². The Morgan fingerprint density at radius 3 is 1.91 bits per heavy atom. The van der Waals surface area contributed by atoms with E-state index in [1.165, 1.54) is 0 Å². The number of carboxylic acid groups (broad SMARTS) is 1. The molecular weight excluding hydrogens is 454 g/mol. The van der Waals surface area contributed by atoms with Gasteiger partial charge in [0.15, 0.2) is 0 Å². The predicted molar refractivity (Wildman–Crippen MR) is 130 cm³/mol. The molecule has 0 bridgehead atoms. The Hall–Kier alpha value is -3.47. The van der Waals surface area contributed by atoms with E-state index in [9.17, 15) is 29.1 Å². The molecule has 4 amide bonds. The highest BCUT2D eigenvalue weighted by Crippen LogP contribution is 2.10. The lowest BCUT2D eigenvalue weighted by molar-refractivity contribution is -0.142. The molecule has 8 N–H and O–H groups in total. The third kappa shape index (κ3) is 10.6. The van der Waals surface area contributed by atoms with Crippen LogP contribution in [0.15, 0.2) is 30.3 Å². The van der Waals surface area contributed by atoms with Crippen LogP contribution in [0.3, 0.4) is 0 Å². The number of carboxylic acids is 1. The van der Waals surface area contributed by atoms with Crippen molar-refractivity contribution in [2.45, 2.75) is 71.1 Å². The number of aliphatic carboxylic acids is 1. The second-order valence-corrected chi connectivity index (χ2v) is 9.29. The van der Waals surface area contributed by atoms with Crippen LogP contribution in [0.1, 0.15) is 46.1 Å². The zero-order valence-electron chi connectivity index (χ0n) is 20.6. The Kier molecular flexibility index (Phi) is 11.9. The molecule has 35 heavy (non-hydrogen) atoms. The number of carbonyl (C=O) groups excluding carboxylic acids is 4. The van der Waals surface area contributed by atoms with Crippen LogP contribution in [0, 0.1) is 11.8 Å². The molecule has 1 aromatic rings. The number of benzene rings is 1. The molecule has 0 spiro atoms. The van der Waals surface area contributed by atoms with Gasteiger partial charge in [0.1, 0.15) is 18.1 Å². The lowest BCUT2D eigenvalue weighted by Gasteiger charge is -2.27. The number of rotatable bonds is 14. The quantitative estimate of drug-likeness (QED) is 0.205. The lowest BCUT2D eigenvalue weighted by Crippen LogP contribution is -2.59. The molecule has 11 nitrogen and oxygen atoms in total. The van der Waals surface area contributed by atoms with E-state index < -0.39 is 53.8 Å². The third-order valence-electron chi connectivity index (χ3n) is 5.24. The number of amides is 4. The van der Waals surface area contributed by atoms with Crippen molar-refractivity contribution in [3.8, 4) is 0 Å². The lowest BCUT2D eigenvalue weighted by atomic mass is 9.99. The van der Waals surface area contributed by atoms with E-state index in [0.717, 1.165) is 5.56 Å². The molecule has 11 heteroatoms. The Bertz CT molecular complexity index is 890. The standard InChI is InChI=1S/C24H37N5O6/c1-13(2)10-17(22(32)28-18(24(34)35)11-15-8-6-5-7-9-15)27-23(33)20(14(3)4)29-21(31)16(25)12-19(26)30/h5-9,13-14,16-18,20H,10-12,25H2,1-4H3,(H2,26,30)(H,27,33)(H,28,32)(H,29,31)(H,34,35). The van der Waals surface area contributed by atoms with E-state index >= 15 is 0 Å². The molecule has 4 unspecified atom stereocenters. The predicted octanol–water partition coefficient (Wildman–Crippen LogP) is -0.327. The summed E-state index contributed by atoms with van der Waals surface area (Å²) in [6.07, 6.45) is -0.0590. The maximum absolute atomic E-state index is 13.0. The second-order valence-electron chi connectivity index (χ2n) is 9.29. The number of nitrogens with one attached hydrogen (secondary N) is 3. The summed E-state index contributed by atoms with van der Waals surface area (Å²) < 4.78 is 0. The van der Waals surface area contributed by atoms with Crippen molar-refractivity contribution in [3.05, 3.63) is 35.9 Å². The first-order valence-corrected chi connectivity index (χ1v) is 11.5. The molecule has 0 aliphatic heterocycles. The van der Waals surface area contributed by atoms with Gasteiger partial charge < -0.3 is 32.5 Å². The highest BCUT2D eigenvalue weighted by molar-refractivity contribution is 5.95. The van der Waals surface area contributed by atoms with E-state index in [0.29, 0.717) is 0 Å². The number of hydrogen-bond donors (Lipinski definition) is 6. The minimum atomic E-state index is -1.22. The second kappa shape index (κ2) is 14.1. The number of nitrogens with two attached hydrogens (primary N) is 2. The highest BCUT2D eigenvalue weighted by Gasteiger charge is 2.32. The molecule has 0 radical (unpaired) electrons. The molecule has 1 rings (SSSR count). The van der Waals surface area contributed by atoms with Crippen LogP contribution in [0.25, 0.3) is 0 Å². The zero-order chi connectivity index (χ0) is 26.7. The number of primary amides is 1. The molecule has 0 fully saturated rings. The summed E-state index contributed by atoms with van der Waals surface area (Å²) in [6.45, 7) is 7.11. The van der Waals surface area contributed by atoms with Gasteiger partial charge >= 0.3 is 5.97 Å². The normalized spacial score (nSPS) is 14.5. The van der Waals surface area contributed by atoms with Gasteiger partial charge in [-0.05, 0) is 23.8 Å². The molecular formula is C24H37N5O6. The Balaban J connectivity index is 2.97. The number of hydrogen-bond acceptors (Lipinski definition) is 6. The van der Waals surface area contributed by atoms with Crippen LogP contribution in [0.5, 0.6) is 0 Å². The van der Waals surface area contributed by atoms with Crippen LogP contribution in [0.2, 0.25) is 0 Å². The molecule has 0 aliphatic carbocycles. The maximum Gasteiger partial charge on any atom is 0.326 e. The largest absolute Gasteiger partial charge is 0.480 e. The zero-order valence-corrected chi connectivity index (χ0v) is 20.6. The van der Waals surface area contributed by atoms with Crippen LogP contribution >= 0.6 is 0 Å². The summed E-state index contributed by atoms with van der Waals surface area (Å²) >= 11 is 0. The first-order valence-electron chi connectivity index (χ1n) is 11.5. The van der Waals surface area contributed by atoms with E-state index in [-0.39, 0.29) is 31.1 Å². The van der Waals surface area contributed by atoms with Crippen molar-refractivity contribution >= 4 is 29.6 Å². The molecule has 4 atom stereocenters. The summed E-state index contributed by atoms with van der Waals surface area (Å²) in [5, 5.41) is 17.3. The van der Waals surface area contributed by atoms with Gasteiger partial charge in [-0.1, -0.05) is 58.0 Å². The first-order chi connectivity index (χ1) is 16.3. The van der Waals surface area contributed by atoms with Crippen LogP contribution in [0.4, 0.5) is 0 Å². The van der Waals surface area contributed by atoms with Gasteiger partial charge in [-0.3, -0.25) is 19.2 Å². The average molecular weight is 492 g/mol. The molecule has 0 aliphatic rings. The minimum Gasteiger partial charge on any atom is -0.480 e. The third-order valence-corrected chi connectivity index (χ3v) is 5.24. The van der Waals surface area contributed by atoms with E-state index in [1.54, 1.807) is 44.2 Å². The van der Waals surface area contributed by atoms with Crippen molar-refractivity contribution in [1.29, 1.82) is 0 Å². The summed E-state index contributed by atoms with van der Waals surface area (Å²) in [6, 6.07) is 4.39. The Morgan fingerprint density at radius 2 is 1.43 bits per heavy atom. The summed E-state index contributed by atoms with van der Waals surface area (Å²) in [7, 11) is 0. The van der Waals surface area contributed by atoms with Crippen molar-refractivity contribution in [1.82, 2.24) is 16.0 Å². The maximum atomic E-state index is 13.0. The van der Waals surface area contributed by atoms with Crippen LogP contribution in [-0.4, -0.2) is 58.9 Å². The van der Waals surface area contributed by atoms with E-state index in [4.69, 9.17) is 11.5 Å². The SMILES string of the molecule is CC(C)CC(NC(=O)C(NC(=O)C(N)CC(N)=O)C(C)C)C(=O)NC(Cc1ccccc1)C(=O)O. The summed E-state index contributed by atoms with van der Waals surface area (Å²) in [5.41, 5.74) is 11.5.